The molecule has 2 aromatic carbocycles. The monoisotopic (exact) mass is 324 g/mol. The minimum absolute atomic E-state index is 0.0470. The fraction of sp³-hybridized carbons (Fsp3) is 0.0526. The molecule has 1 aromatic heterocycles. The van der Waals surface area contributed by atoms with Crippen molar-refractivity contribution in [3.63, 3.8) is 0 Å². The summed E-state index contributed by atoms with van der Waals surface area (Å²) in [5.74, 6) is -2.55. The molecule has 1 N–H and O–H groups in total. The van der Waals surface area contributed by atoms with E-state index in [4.69, 9.17) is 0 Å². The van der Waals surface area contributed by atoms with Gasteiger partial charge in [-0.15, -0.1) is 0 Å². The first-order valence-corrected chi connectivity index (χ1v) is 7.37. The fourth-order valence-corrected chi connectivity index (χ4v) is 2.37. The van der Waals surface area contributed by atoms with E-state index in [1.165, 1.54) is 6.07 Å². The van der Waals surface area contributed by atoms with E-state index in [0.717, 1.165) is 17.7 Å². The number of pyridine rings is 1. The maximum absolute atomic E-state index is 13.4. The number of aromatic nitrogens is 1. The lowest BCUT2D eigenvalue weighted by Crippen LogP contribution is -2.30. The molecule has 3 nitrogen and oxygen atoms in total. The second-order valence-electron chi connectivity index (χ2n) is 5.20. The summed E-state index contributed by atoms with van der Waals surface area (Å²) < 4.78 is 26.4. The number of hydrogen-bond donors (Lipinski definition) is 1. The highest BCUT2D eigenvalue weighted by Gasteiger charge is 2.19. The molecule has 0 aliphatic rings. The predicted molar refractivity (Wildman–Crippen MR) is 86.3 cm³/mol. The third-order valence-corrected chi connectivity index (χ3v) is 3.57. The lowest BCUT2D eigenvalue weighted by molar-refractivity contribution is 0.0941. The largest absolute Gasteiger partial charge is 0.340 e. The van der Waals surface area contributed by atoms with Crippen LogP contribution in [-0.4, -0.2) is 10.9 Å². The Balaban J connectivity index is 1.92. The second-order valence-corrected chi connectivity index (χ2v) is 5.20. The Morgan fingerprint density at radius 1 is 0.917 bits per heavy atom. The van der Waals surface area contributed by atoms with Crippen molar-refractivity contribution in [2.45, 2.75) is 6.04 Å². The van der Waals surface area contributed by atoms with Gasteiger partial charge < -0.3 is 5.32 Å². The quantitative estimate of drug-likeness (QED) is 0.791. The van der Waals surface area contributed by atoms with Gasteiger partial charge in [0, 0.05) is 11.8 Å². The smallest absolute Gasteiger partial charge is 0.252 e. The van der Waals surface area contributed by atoms with Crippen molar-refractivity contribution in [3.8, 4) is 0 Å². The van der Waals surface area contributed by atoms with Crippen molar-refractivity contribution in [1.29, 1.82) is 0 Å². The zero-order valence-electron chi connectivity index (χ0n) is 12.6. The van der Waals surface area contributed by atoms with Gasteiger partial charge in [-0.3, -0.25) is 9.78 Å². The molecule has 0 saturated heterocycles. The number of amides is 1. The van der Waals surface area contributed by atoms with Crippen LogP contribution in [0.5, 0.6) is 0 Å². The van der Waals surface area contributed by atoms with Gasteiger partial charge in [-0.25, -0.2) is 8.78 Å². The van der Waals surface area contributed by atoms with E-state index in [1.807, 2.05) is 36.4 Å². The topological polar surface area (TPSA) is 42.0 Å². The number of rotatable bonds is 4. The Morgan fingerprint density at radius 2 is 1.67 bits per heavy atom. The second kappa shape index (κ2) is 7.00. The zero-order valence-corrected chi connectivity index (χ0v) is 12.6. The van der Waals surface area contributed by atoms with E-state index in [1.54, 1.807) is 18.3 Å². The van der Waals surface area contributed by atoms with Crippen molar-refractivity contribution in [3.05, 3.63) is 101 Å². The molecule has 3 rings (SSSR count). The highest BCUT2D eigenvalue weighted by atomic mass is 19.2. The maximum atomic E-state index is 13.4. The normalized spacial score (nSPS) is 11.8. The summed E-state index contributed by atoms with van der Waals surface area (Å²) in [6, 6.07) is 17.3. The van der Waals surface area contributed by atoms with Crippen LogP contribution in [0.3, 0.4) is 0 Å². The van der Waals surface area contributed by atoms with Crippen molar-refractivity contribution in [2.24, 2.45) is 0 Å². The van der Waals surface area contributed by atoms with Crippen molar-refractivity contribution < 1.29 is 13.6 Å². The van der Waals surface area contributed by atoms with Gasteiger partial charge in [0.05, 0.1) is 11.7 Å². The van der Waals surface area contributed by atoms with Crippen LogP contribution in [0.1, 0.15) is 27.7 Å². The molecular formula is C19H14F2N2O. The molecule has 120 valence electrons. The summed E-state index contributed by atoms with van der Waals surface area (Å²) in [5, 5.41) is 2.82. The van der Waals surface area contributed by atoms with Gasteiger partial charge in [0.15, 0.2) is 11.6 Å². The first-order chi connectivity index (χ1) is 11.6. The summed E-state index contributed by atoms with van der Waals surface area (Å²) >= 11 is 0. The Morgan fingerprint density at radius 3 is 2.33 bits per heavy atom. The summed E-state index contributed by atoms with van der Waals surface area (Å²) in [6.07, 6.45) is 1.63. The first-order valence-electron chi connectivity index (χ1n) is 7.37. The van der Waals surface area contributed by atoms with Gasteiger partial charge in [0.1, 0.15) is 0 Å². The van der Waals surface area contributed by atoms with Gasteiger partial charge in [-0.2, -0.15) is 0 Å². The van der Waals surface area contributed by atoms with E-state index in [9.17, 15) is 13.6 Å². The van der Waals surface area contributed by atoms with Crippen molar-refractivity contribution in [1.82, 2.24) is 10.3 Å². The molecule has 0 aliphatic heterocycles. The molecule has 0 radical (unpaired) electrons. The molecule has 1 atom stereocenters. The Hall–Kier alpha value is -3.08. The number of hydrogen-bond acceptors (Lipinski definition) is 2. The number of nitrogens with zero attached hydrogens (tertiary/aromatic N) is 1. The highest BCUT2D eigenvalue weighted by molar-refractivity contribution is 5.94. The molecule has 0 fully saturated rings. The molecular weight excluding hydrogens is 310 g/mol. The summed E-state index contributed by atoms with van der Waals surface area (Å²) in [6.45, 7) is 0. The third-order valence-electron chi connectivity index (χ3n) is 3.57. The first kappa shape index (κ1) is 15.8. The van der Waals surface area contributed by atoms with Gasteiger partial charge in [0.25, 0.3) is 5.91 Å². The van der Waals surface area contributed by atoms with Gasteiger partial charge in [-0.1, -0.05) is 36.4 Å². The van der Waals surface area contributed by atoms with E-state index in [2.05, 4.69) is 10.3 Å². The Kier molecular flexibility index (Phi) is 4.61. The van der Waals surface area contributed by atoms with Crippen molar-refractivity contribution in [2.75, 3.05) is 0 Å². The maximum Gasteiger partial charge on any atom is 0.252 e. The minimum atomic E-state index is -1.06. The number of carbonyl (C=O) groups is 1. The minimum Gasteiger partial charge on any atom is -0.340 e. The van der Waals surface area contributed by atoms with Gasteiger partial charge >= 0.3 is 0 Å². The zero-order chi connectivity index (χ0) is 16.9. The van der Waals surface area contributed by atoms with Crippen LogP contribution in [0.4, 0.5) is 8.78 Å². The molecule has 0 bridgehead atoms. The molecule has 5 heteroatoms. The summed E-state index contributed by atoms with van der Waals surface area (Å²) in [7, 11) is 0. The van der Waals surface area contributed by atoms with E-state index >= 15 is 0 Å². The van der Waals surface area contributed by atoms with Crippen LogP contribution in [0, 0.1) is 11.6 Å². The number of carbonyl (C=O) groups excluding carboxylic acids is 1. The molecule has 1 heterocycles. The predicted octanol–water partition coefficient (Wildman–Crippen LogP) is 3.88. The lowest BCUT2D eigenvalue weighted by Gasteiger charge is -2.19. The van der Waals surface area contributed by atoms with Crippen LogP contribution < -0.4 is 5.32 Å². The fourth-order valence-electron chi connectivity index (χ4n) is 2.37. The van der Waals surface area contributed by atoms with E-state index < -0.39 is 23.6 Å². The summed E-state index contributed by atoms with van der Waals surface area (Å²) in [4.78, 5) is 16.7. The molecule has 0 saturated carbocycles. The number of nitrogens with one attached hydrogen (secondary N) is 1. The van der Waals surface area contributed by atoms with Crippen LogP contribution in [-0.2, 0) is 0 Å². The van der Waals surface area contributed by atoms with Gasteiger partial charge in [-0.05, 0) is 35.9 Å². The molecule has 24 heavy (non-hydrogen) atoms. The Bertz CT molecular complexity index is 799. The number of halogens is 2. The third kappa shape index (κ3) is 3.46. The Labute approximate surface area is 138 Å². The molecule has 0 unspecified atom stereocenters. The van der Waals surface area contributed by atoms with E-state index in [0.29, 0.717) is 5.69 Å². The molecule has 0 aliphatic carbocycles. The van der Waals surface area contributed by atoms with Crippen LogP contribution in [0.15, 0.2) is 72.9 Å². The standard InChI is InChI=1S/C19H14F2N2O/c20-15-10-9-14(12-16(15)21)19(24)23-18(13-6-2-1-3-7-13)17-8-4-5-11-22-17/h1-12,18H,(H,23,24)/t18-/m0/s1. The average molecular weight is 324 g/mol. The van der Waals surface area contributed by atoms with Gasteiger partial charge in [0.2, 0.25) is 0 Å². The summed E-state index contributed by atoms with van der Waals surface area (Å²) in [5.41, 5.74) is 1.54. The van der Waals surface area contributed by atoms with Crippen LogP contribution in [0.2, 0.25) is 0 Å². The van der Waals surface area contributed by atoms with Crippen LogP contribution >= 0.6 is 0 Å². The molecule has 0 spiro atoms. The SMILES string of the molecule is O=C(N[C@@H](c1ccccc1)c1ccccn1)c1ccc(F)c(F)c1. The number of benzene rings is 2. The van der Waals surface area contributed by atoms with Crippen LogP contribution in [0.25, 0.3) is 0 Å². The lowest BCUT2D eigenvalue weighted by atomic mass is 10.0. The van der Waals surface area contributed by atoms with Crippen molar-refractivity contribution >= 4 is 5.91 Å². The highest BCUT2D eigenvalue weighted by Crippen LogP contribution is 2.21. The average Bonchev–Trinajstić information content (AvgIpc) is 2.63. The van der Waals surface area contributed by atoms with E-state index in [-0.39, 0.29) is 5.56 Å². The molecule has 1 amide bonds. The molecule has 3 aromatic rings.